The molecule has 1 saturated heterocycles. The summed E-state index contributed by atoms with van der Waals surface area (Å²) in [6, 6.07) is 3.92. The fraction of sp³-hybridized carbons (Fsp3) is 0.692. The summed E-state index contributed by atoms with van der Waals surface area (Å²) in [5, 5.41) is 3.39. The fourth-order valence-electron chi connectivity index (χ4n) is 2.27. The van der Waals surface area contributed by atoms with Gasteiger partial charge in [-0.3, -0.25) is 4.90 Å². The number of nitrogens with zero attached hydrogens (tertiary/aromatic N) is 1. The topological polar surface area (TPSA) is 37.6 Å². The number of hydrogen-bond donors (Lipinski definition) is 1. The first-order valence-electron chi connectivity index (χ1n) is 6.36. The number of likely N-dealkylation sites (tertiary alicyclic amines) is 1. The van der Waals surface area contributed by atoms with E-state index >= 15 is 0 Å². The van der Waals surface area contributed by atoms with Crippen LogP contribution < -0.4 is 5.32 Å². The van der Waals surface area contributed by atoms with Gasteiger partial charge >= 0.3 is 0 Å². The van der Waals surface area contributed by atoms with Crippen molar-refractivity contribution in [2.75, 3.05) is 33.3 Å². The average molecular weight is 238 g/mol. The maximum absolute atomic E-state index is 5.41. The molecule has 96 valence electrons. The van der Waals surface area contributed by atoms with E-state index in [2.05, 4.69) is 10.2 Å². The third-order valence-corrected chi connectivity index (χ3v) is 3.28. The van der Waals surface area contributed by atoms with Crippen molar-refractivity contribution in [3.05, 3.63) is 24.2 Å². The van der Waals surface area contributed by atoms with Crippen molar-refractivity contribution in [3.63, 3.8) is 0 Å². The minimum absolute atomic E-state index is 0.425. The van der Waals surface area contributed by atoms with E-state index in [0.29, 0.717) is 6.10 Å². The van der Waals surface area contributed by atoms with Crippen molar-refractivity contribution in [3.8, 4) is 0 Å². The molecular formula is C13H22N2O2. The molecule has 1 unspecified atom stereocenters. The Morgan fingerprint density at radius 3 is 3.29 bits per heavy atom. The Morgan fingerprint density at radius 1 is 1.59 bits per heavy atom. The molecule has 1 aliphatic heterocycles. The maximum Gasteiger partial charge on any atom is 0.117 e. The van der Waals surface area contributed by atoms with E-state index in [1.54, 1.807) is 6.26 Å². The molecule has 0 amide bonds. The smallest absolute Gasteiger partial charge is 0.117 e. The van der Waals surface area contributed by atoms with Gasteiger partial charge in [0.2, 0.25) is 0 Å². The zero-order valence-corrected chi connectivity index (χ0v) is 10.5. The van der Waals surface area contributed by atoms with Crippen LogP contribution in [0.25, 0.3) is 0 Å². The van der Waals surface area contributed by atoms with Crippen LogP contribution in [-0.2, 0) is 11.3 Å². The summed E-state index contributed by atoms with van der Waals surface area (Å²) >= 11 is 0. The van der Waals surface area contributed by atoms with Gasteiger partial charge < -0.3 is 14.5 Å². The van der Waals surface area contributed by atoms with Crippen molar-refractivity contribution in [2.45, 2.75) is 25.5 Å². The van der Waals surface area contributed by atoms with Gasteiger partial charge in [-0.1, -0.05) is 0 Å². The summed E-state index contributed by atoms with van der Waals surface area (Å²) in [5.41, 5.74) is 0. The minimum atomic E-state index is 0.425. The van der Waals surface area contributed by atoms with Crippen molar-refractivity contribution in [1.29, 1.82) is 0 Å². The second kappa shape index (κ2) is 6.79. The minimum Gasteiger partial charge on any atom is -0.468 e. The summed E-state index contributed by atoms with van der Waals surface area (Å²) in [6.45, 7) is 5.16. The van der Waals surface area contributed by atoms with Gasteiger partial charge in [-0.15, -0.1) is 0 Å². The highest BCUT2D eigenvalue weighted by atomic mass is 16.5. The molecule has 0 bridgehead atoms. The monoisotopic (exact) mass is 238 g/mol. The first kappa shape index (κ1) is 12.6. The van der Waals surface area contributed by atoms with Gasteiger partial charge in [-0.2, -0.15) is 0 Å². The number of methoxy groups -OCH3 is 1. The Labute approximate surface area is 103 Å². The molecule has 4 heteroatoms. The molecule has 1 aromatic heterocycles. The number of piperidine rings is 1. The molecule has 4 nitrogen and oxygen atoms in total. The van der Waals surface area contributed by atoms with E-state index in [9.17, 15) is 0 Å². The summed E-state index contributed by atoms with van der Waals surface area (Å²) < 4.78 is 10.7. The molecule has 2 rings (SSSR count). The van der Waals surface area contributed by atoms with E-state index in [0.717, 1.165) is 31.9 Å². The maximum atomic E-state index is 5.41. The summed E-state index contributed by atoms with van der Waals surface area (Å²) in [7, 11) is 1.81. The predicted octanol–water partition coefficient (Wildman–Crippen LogP) is 1.48. The molecular weight excluding hydrogens is 216 g/mol. The van der Waals surface area contributed by atoms with Gasteiger partial charge in [-0.05, 0) is 31.5 Å². The zero-order valence-electron chi connectivity index (χ0n) is 10.5. The second-order valence-corrected chi connectivity index (χ2v) is 4.56. The lowest BCUT2D eigenvalue weighted by atomic mass is 10.1. The molecule has 1 aliphatic rings. The van der Waals surface area contributed by atoms with Crippen LogP contribution in [0.4, 0.5) is 0 Å². The Morgan fingerprint density at radius 2 is 2.53 bits per heavy atom. The van der Waals surface area contributed by atoms with Gasteiger partial charge in [0.15, 0.2) is 0 Å². The van der Waals surface area contributed by atoms with Gasteiger partial charge in [0.1, 0.15) is 5.76 Å². The first-order chi connectivity index (χ1) is 8.38. The molecule has 0 aromatic carbocycles. The average Bonchev–Trinajstić information content (AvgIpc) is 2.88. The molecule has 0 aliphatic carbocycles. The number of furan rings is 1. The molecule has 0 spiro atoms. The number of nitrogens with one attached hydrogen (secondary N) is 1. The van der Waals surface area contributed by atoms with Gasteiger partial charge in [-0.25, -0.2) is 0 Å². The Bertz CT molecular complexity index is 300. The lowest BCUT2D eigenvalue weighted by Gasteiger charge is -2.31. The highest BCUT2D eigenvalue weighted by molar-refractivity contribution is 4.97. The van der Waals surface area contributed by atoms with E-state index in [-0.39, 0.29) is 0 Å². The SMILES string of the molecule is COC1CCCN(CCNCc2ccco2)C1. The lowest BCUT2D eigenvalue weighted by Crippen LogP contribution is -2.42. The summed E-state index contributed by atoms with van der Waals surface area (Å²) in [4.78, 5) is 2.47. The molecule has 2 heterocycles. The Hall–Kier alpha value is -0.840. The predicted molar refractivity (Wildman–Crippen MR) is 66.9 cm³/mol. The highest BCUT2D eigenvalue weighted by Gasteiger charge is 2.18. The number of hydrogen-bond acceptors (Lipinski definition) is 4. The summed E-state index contributed by atoms with van der Waals surface area (Å²) in [6.07, 6.45) is 4.59. The van der Waals surface area contributed by atoms with Gasteiger partial charge in [0.25, 0.3) is 0 Å². The van der Waals surface area contributed by atoms with Gasteiger partial charge in [0, 0.05) is 26.7 Å². The van der Waals surface area contributed by atoms with Crippen LogP contribution in [0.2, 0.25) is 0 Å². The van der Waals surface area contributed by atoms with Crippen LogP contribution in [0, 0.1) is 0 Å². The third kappa shape index (κ3) is 4.15. The first-order valence-corrected chi connectivity index (χ1v) is 6.36. The molecule has 17 heavy (non-hydrogen) atoms. The van der Waals surface area contributed by atoms with Crippen LogP contribution in [0.15, 0.2) is 22.8 Å². The molecule has 1 fully saturated rings. The normalized spacial score (nSPS) is 21.8. The van der Waals surface area contributed by atoms with Crippen molar-refractivity contribution >= 4 is 0 Å². The Kier molecular flexibility index (Phi) is 5.04. The number of ether oxygens (including phenoxy) is 1. The van der Waals surface area contributed by atoms with Crippen LogP contribution in [0.5, 0.6) is 0 Å². The largest absolute Gasteiger partial charge is 0.468 e. The standard InChI is InChI=1S/C13H22N2O2/c1-16-13-4-2-7-15(11-13)8-6-14-10-12-5-3-9-17-12/h3,5,9,13-14H,2,4,6-8,10-11H2,1H3. The second-order valence-electron chi connectivity index (χ2n) is 4.56. The van der Waals surface area contributed by atoms with Gasteiger partial charge in [0.05, 0.1) is 18.9 Å². The van der Waals surface area contributed by atoms with Crippen LogP contribution >= 0.6 is 0 Å². The zero-order chi connectivity index (χ0) is 11.9. The van der Waals surface area contributed by atoms with Crippen molar-refractivity contribution in [1.82, 2.24) is 10.2 Å². The van der Waals surface area contributed by atoms with Crippen LogP contribution in [-0.4, -0.2) is 44.3 Å². The molecule has 1 atom stereocenters. The molecule has 1 N–H and O–H groups in total. The third-order valence-electron chi connectivity index (χ3n) is 3.28. The van der Waals surface area contributed by atoms with E-state index in [1.807, 2.05) is 19.2 Å². The molecule has 0 radical (unpaired) electrons. The van der Waals surface area contributed by atoms with E-state index in [4.69, 9.17) is 9.15 Å². The Balaban J connectivity index is 1.58. The van der Waals surface area contributed by atoms with Crippen molar-refractivity contribution < 1.29 is 9.15 Å². The van der Waals surface area contributed by atoms with Crippen molar-refractivity contribution in [2.24, 2.45) is 0 Å². The van der Waals surface area contributed by atoms with E-state index < -0.39 is 0 Å². The molecule has 1 aromatic rings. The number of rotatable bonds is 6. The van der Waals surface area contributed by atoms with Crippen LogP contribution in [0.1, 0.15) is 18.6 Å². The molecule has 0 saturated carbocycles. The fourth-order valence-corrected chi connectivity index (χ4v) is 2.27. The lowest BCUT2D eigenvalue weighted by molar-refractivity contribution is 0.0318. The summed E-state index contributed by atoms with van der Waals surface area (Å²) in [5.74, 6) is 0.999. The quantitative estimate of drug-likeness (QED) is 0.762. The van der Waals surface area contributed by atoms with E-state index in [1.165, 1.54) is 19.4 Å². The highest BCUT2D eigenvalue weighted by Crippen LogP contribution is 2.11. The van der Waals surface area contributed by atoms with Crippen LogP contribution in [0.3, 0.4) is 0 Å².